The molecule has 3 aliphatic heterocycles. The summed E-state index contributed by atoms with van der Waals surface area (Å²) in [6.45, 7) is 6.90. The highest BCUT2D eigenvalue weighted by atomic mass is 16.5. The van der Waals surface area contributed by atoms with E-state index >= 15 is 0 Å². The maximum atomic E-state index is 6.72. The van der Waals surface area contributed by atoms with Crippen molar-refractivity contribution in [1.82, 2.24) is 9.88 Å². The lowest BCUT2D eigenvalue weighted by molar-refractivity contribution is -0.0803. The Morgan fingerprint density at radius 1 is 1.19 bits per heavy atom. The number of hydrogen-bond acceptors (Lipinski definition) is 4. The van der Waals surface area contributed by atoms with Gasteiger partial charge in [0.05, 0.1) is 25.3 Å². The van der Waals surface area contributed by atoms with Crippen LogP contribution >= 0.6 is 0 Å². The van der Waals surface area contributed by atoms with Gasteiger partial charge in [-0.1, -0.05) is 36.4 Å². The summed E-state index contributed by atoms with van der Waals surface area (Å²) in [4.78, 5) is 7.22. The third-order valence-corrected chi connectivity index (χ3v) is 7.06. The number of pyridine rings is 1. The number of piperidine rings is 3. The molecule has 4 heteroatoms. The Hall–Kier alpha value is -2.69. The molecule has 4 heterocycles. The summed E-state index contributed by atoms with van der Waals surface area (Å²) in [6.07, 6.45) is 6.44. The molecular weight excluding hydrogens is 384 g/mol. The lowest BCUT2D eigenvalue weighted by Crippen LogP contribution is -2.55. The molecular formula is C27H30N2O2. The predicted molar refractivity (Wildman–Crippen MR) is 124 cm³/mol. The molecule has 0 saturated carbocycles. The minimum Gasteiger partial charge on any atom is -0.497 e. The Balaban J connectivity index is 1.53. The van der Waals surface area contributed by atoms with E-state index < -0.39 is 0 Å². The highest BCUT2D eigenvalue weighted by Gasteiger charge is 2.43. The Morgan fingerprint density at radius 3 is 2.81 bits per heavy atom. The standard InChI is InChI=1S/C27H30N2O2/c1-3-20-17-29-14-12-21(20)15-26(29)27(31-18-19-7-5-4-6-8-19)23-11-13-28-25-10-9-22(30-2)16-24(23)25/h3-11,13,16,20-21,26-27H,1,12,14-15,17-18H2,2H3/t20-,21-,26+,27+/m0/s1. The van der Waals surface area contributed by atoms with E-state index in [-0.39, 0.29) is 6.10 Å². The van der Waals surface area contributed by atoms with Gasteiger partial charge >= 0.3 is 0 Å². The van der Waals surface area contributed by atoms with Gasteiger partial charge < -0.3 is 9.47 Å². The third kappa shape index (κ3) is 3.98. The van der Waals surface area contributed by atoms with Crippen LogP contribution in [0.25, 0.3) is 10.9 Å². The van der Waals surface area contributed by atoms with Crippen molar-refractivity contribution in [2.75, 3.05) is 20.2 Å². The van der Waals surface area contributed by atoms with Gasteiger partial charge in [0.15, 0.2) is 0 Å². The van der Waals surface area contributed by atoms with Crippen LogP contribution in [0.2, 0.25) is 0 Å². The Bertz CT molecular complexity index is 1050. The first-order valence-electron chi connectivity index (χ1n) is 11.2. The van der Waals surface area contributed by atoms with Crippen LogP contribution in [0.1, 0.15) is 30.1 Å². The average molecular weight is 415 g/mol. The number of fused-ring (bicyclic) bond motifs is 4. The lowest BCUT2D eigenvalue weighted by atomic mass is 9.73. The second-order valence-corrected chi connectivity index (χ2v) is 8.75. The van der Waals surface area contributed by atoms with Crippen LogP contribution in [0.5, 0.6) is 5.75 Å². The first kappa shape index (κ1) is 20.2. The van der Waals surface area contributed by atoms with Crippen molar-refractivity contribution in [3.05, 3.63) is 84.6 Å². The van der Waals surface area contributed by atoms with E-state index in [2.05, 4.69) is 58.9 Å². The maximum Gasteiger partial charge on any atom is 0.119 e. The van der Waals surface area contributed by atoms with Gasteiger partial charge in [0.2, 0.25) is 0 Å². The molecule has 0 radical (unpaired) electrons. The molecule has 1 unspecified atom stereocenters. The molecule has 2 bridgehead atoms. The number of methoxy groups -OCH3 is 1. The molecule has 3 aliphatic rings. The molecule has 0 aliphatic carbocycles. The van der Waals surface area contributed by atoms with Crippen LogP contribution in [0.15, 0.2) is 73.4 Å². The number of nitrogens with zero attached hydrogens (tertiary/aromatic N) is 2. The molecule has 160 valence electrons. The van der Waals surface area contributed by atoms with Crippen LogP contribution < -0.4 is 4.74 Å². The van der Waals surface area contributed by atoms with Crippen LogP contribution in [-0.4, -0.2) is 36.1 Å². The fourth-order valence-corrected chi connectivity index (χ4v) is 5.38. The second kappa shape index (κ2) is 8.81. The highest BCUT2D eigenvalue weighted by molar-refractivity contribution is 5.84. The first-order valence-corrected chi connectivity index (χ1v) is 11.2. The Morgan fingerprint density at radius 2 is 2.06 bits per heavy atom. The quantitative estimate of drug-likeness (QED) is 0.485. The fraction of sp³-hybridized carbons (Fsp3) is 0.370. The second-order valence-electron chi connectivity index (χ2n) is 8.75. The van der Waals surface area contributed by atoms with Crippen molar-refractivity contribution in [3.8, 4) is 5.75 Å². The maximum absolute atomic E-state index is 6.72. The van der Waals surface area contributed by atoms with E-state index in [1.54, 1.807) is 7.11 Å². The molecule has 6 rings (SSSR count). The van der Waals surface area contributed by atoms with Gasteiger partial charge in [0.1, 0.15) is 5.75 Å². The van der Waals surface area contributed by atoms with E-state index in [0.29, 0.717) is 24.5 Å². The van der Waals surface area contributed by atoms with Crippen LogP contribution in [0.4, 0.5) is 0 Å². The van der Waals surface area contributed by atoms with E-state index in [9.17, 15) is 0 Å². The molecule has 1 aromatic heterocycles. The van der Waals surface area contributed by atoms with Gasteiger partial charge in [-0.2, -0.15) is 0 Å². The average Bonchev–Trinajstić information content (AvgIpc) is 2.85. The van der Waals surface area contributed by atoms with Gasteiger partial charge in [-0.25, -0.2) is 0 Å². The molecule has 3 aromatic rings. The molecule has 2 aromatic carbocycles. The van der Waals surface area contributed by atoms with Crippen molar-refractivity contribution >= 4 is 10.9 Å². The third-order valence-electron chi connectivity index (χ3n) is 7.06. The van der Waals surface area contributed by atoms with Gasteiger partial charge in [0, 0.05) is 24.2 Å². The van der Waals surface area contributed by atoms with Gasteiger partial charge in [-0.3, -0.25) is 9.88 Å². The molecule has 3 saturated heterocycles. The van der Waals surface area contributed by atoms with Crippen molar-refractivity contribution in [2.24, 2.45) is 11.8 Å². The Labute approximate surface area is 184 Å². The topological polar surface area (TPSA) is 34.6 Å². The van der Waals surface area contributed by atoms with Gasteiger partial charge in [-0.15, -0.1) is 6.58 Å². The van der Waals surface area contributed by atoms with Gasteiger partial charge in [-0.05, 0) is 66.6 Å². The lowest BCUT2D eigenvalue weighted by Gasteiger charge is -2.51. The zero-order chi connectivity index (χ0) is 21.2. The highest BCUT2D eigenvalue weighted by Crippen LogP contribution is 2.43. The van der Waals surface area contributed by atoms with Crippen LogP contribution in [0, 0.1) is 11.8 Å². The van der Waals surface area contributed by atoms with Gasteiger partial charge in [0.25, 0.3) is 0 Å². The first-order chi connectivity index (χ1) is 15.3. The van der Waals surface area contributed by atoms with E-state index in [4.69, 9.17) is 9.47 Å². The monoisotopic (exact) mass is 414 g/mol. The number of benzene rings is 2. The zero-order valence-corrected chi connectivity index (χ0v) is 18.1. The summed E-state index contributed by atoms with van der Waals surface area (Å²) in [5.41, 5.74) is 3.38. The summed E-state index contributed by atoms with van der Waals surface area (Å²) in [6, 6.07) is 19.0. The predicted octanol–water partition coefficient (Wildman–Crippen LogP) is 5.40. The van der Waals surface area contributed by atoms with E-state index in [0.717, 1.165) is 36.2 Å². The molecule has 4 nitrogen and oxygen atoms in total. The molecule has 0 N–H and O–H groups in total. The zero-order valence-electron chi connectivity index (χ0n) is 18.1. The Kier molecular flexibility index (Phi) is 5.75. The van der Waals surface area contributed by atoms with Crippen LogP contribution in [0.3, 0.4) is 0 Å². The smallest absolute Gasteiger partial charge is 0.119 e. The fourth-order valence-electron chi connectivity index (χ4n) is 5.38. The van der Waals surface area contributed by atoms with Crippen molar-refractivity contribution < 1.29 is 9.47 Å². The van der Waals surface area contributed by atoms with E-state index in [1.165, 1.54) is 17.5 Å². The summed E-state index contributed by atoms with van der Waals surface area (Å²) >= 11 is 0. The minimum atomic E-state index is -0.0219. The summed E-state index contributed by atoms with van der Waals surface area (Å²) in [5.74, 6) is 2.13. The van der Waals surface area contributed by atoms with Crippen molar-refractivity contribution in [1.29, 1.82) is 0 Å². The molecule has 5 atom stereocenters. The SMILES string of the molecule is C=C[C@H]1CN2CC[C@H]1C[C@@H]2[C@H](OCc1ccccc1)c1ccnc2ccc(OC)cc12. The number of ether oxygens (including phenoxy) is 2. The molecule has 31 heavy (non-hydrogen) atoms. The number of aromatic nitrogens is 1. The normalized spacial score (nSPS) is 26.0. The summed E-state index contributed by atoms with van der Waals surface area (Å²) in [7, 11) is 1.71. The van der Waals surface area contributed by atoms with Crippen molar-refractivity contribution in [3.63, 3.8) is 0 Å². The van der Waals surface area contributed by atoms with E-state index in [1.807, 2.05) is 24.4 Å². The number of hydrogen-bond donors (Lipinski definition) is 0. The summed E-state index contributed by atoms with van der Waals surface area (Å²) in [5, 5.41) is 1.11. The van der Waals surface area contributed by atoms with Crippen LogP contribution in [-0.2, 0) is 11.3 Å². The largest absolute Gasteiger partial charge is 0.497 e. The summed E-state index contributed by atoms with van der Waals surface area (Å²) < 4.78 is 12.2. The number of rotatable bonds is 7. The minimum absolute atomic E-state index is 0.0219. The van der Waals surface area contributed by atoms with Crippen molar-refractivity contribution in [2.45, 2.75) is 31.6 Å². The molecule has 0 spiro atoms. The molecule has 3 fully saturated rings. The molecule has 0 amide bonds.